The van der Waals surface area contributed by atoms with E-state index in [2.05, 4.69) is 36.5 Å². The van der Waals surface area contributed by atoms with Gasteiger partial charge in [0.2, 0.25) is 0 Å². The molecule has 0 saturated heterocycles. The first-order valence-corrected chi connectivity index (χ1v) is 7.17. The van der Waals surface area contributed by atoms with Gasteiger partial charge in [0, 0.05) is 19.8 Å². The smallest absolute Gasteiger partial charge is 0.0462 e. The van der Waals surface area contributed by atoms with Crippen molar-refractivity contribution in [1.29, 1.82) is 0 Å². The average molecular weight is 247 g/mol. The molecule has 0 saturated carbocycles. The van der Waals surface area contributed by atoms with Crippen molar-refractivity contribution in [2.75, 3.05) is 20.3 Å². The molecular formula is C16H25NO. The minimum absolute atomic E-state index is 0.554. The third-order valence-corrected chi connectivity index (χ3v) is 3.88. The van der Waals surface area contributed by atoms with Crippen LogP contribution >= 0.6 is 0 Å². The molecule has 0 spiro atoms. The van der Waals surface area contributed by atoms with E-state index in [-0.39, 0.29) is 0 Å². The van der Waals surface area contributed by atoms with Crippen LogP contribution in [-0.4, -0.2) is 20.3 Å². The van der Waals surface area contributed by atoms with Crippen molar-refractivity contribution >= 4 is 0 Å². The van der Waals surface area contributed by atoms with Gasteiger partial charge in [0.05, 0.1) is 0 Å². The number of rotatable bonds is 7. The van der Waals surface area contributed by atoms with E-state index < -0.39 is 0 Å². The molecule has 0 radical (unpaired) electrons. The first-order valence-electron chi connectivity index (χ1n) is 7.17. The van der Waals surface area contributed by atoms with Crippen LogP contribution in [0.1, 0.15) is 43.4 Å². The zero-order valence-electron chi connectivity index (χ0n) is 11.6. The average Bonchev–Trinajstić information content (AvgIpc) is 2.74. The molecule has 18 heavy (non-hydrogen) atoms. The SMILES string of the molecule is CCCNC1c2ccccc2CC1CCCOC. The first-order chi connectivity index (χ1) is 8.86. The van der Waals surface area contributed by atoms with Gasteiger partial charge in [-0.2, -0.15) is 0 Å². The quantitative estimate of drug-likeness (QED) is 0.746. The number of methoxy groups -OCH3 is 1. The molecule has 100 valence electrons. The number of hydrogen-bond donors (Lipinski definition) is 1. The molecule has 1 aliphatic carbocycles. The lowest BCUT2D eigenvalue weighted by Crippen LogP contribution is -2.26. The van der Waals surface area contributed by atoms with E-state index in [1.54, 1.807) is 7.11 Å². The van der Waals surface area contributed by atoms with Crippen molar-refractivity contribution in [3.05, 3.63) is 35.4 Å². The van der Waals surface area contributed by atoms with Gasteiger partial charge in [-0.05, 0) is 49.3 Å². The molecule has 1 N–H and O–H groups in total. The summed E-state index contributed by atoms with van der Waals surface area (Å²) >= 11 is 0. The fraction of sp³-hybridized carbons (Fsp3) is 0.625. The van der Waals surface area contributed by atoms with E-state index in [1.807, 2.05) is 0 Å². The zero-order chi connectivity index (χ0) is 12.8. The Bertz CT molecular complexity index is 364. The molecule has 2 heteroatoms. The molecule has 1 aromatic rings. The Hall–Kier alpha value is -0.860. The van der Waals surface area contributed by atoms with E-state index in [0.29, 0.717) is 6.04 Å². The van der Waals surface area contributed by atoms with E-state index in [4.69, 9.17) is 4.74 Å². The van der Waals surface area contributed by atoms with E-state index in [1.165, 1.54) is 36.8 Å². The van der Waals surface area contributed by atoms with Gasteiger partial charge in [-0.1, -0.05) is 31.2 Å². The third kappa shape index (κ3) is 3.12. The minimum Gasteiger partial charge on any atom is -0.385 e. The predicted octanol–water partition coefficient (Wildman–Crippen LogP) is 3.33. The summed E-state index contributed by atoms with van der Waals surface area (Å²) in [5.41, 5.74) is 3.06. The predicted molar refractivity (Wildman–Crippen MR) is 75.8 cm³/mol. The van der Waals surface area contributed by atoms with Crippen molar-refractivity contribution in [1.82, 2.24) is 5.32 Å². The second-order valence-corrected chi connectivity index (χ2v) is 5.23. The molecule has 1 aromatic carbocycles. The van der Waals surface area contributed by atoms with Crippen LogP contribution < -0.4 is 5.32 Å². The summed E-state index contributed by atoms with van der Waals surface area (Å²) in [4.78, 5) is 0. The van der Waals surface area contributed by atoms with Gasteiger partial charge in [-0.15, -0.1) is 0 Å². The Labute approximate surface area is 111 Å². The summed E-state index contributed by atoms with van der Waals surface area (Å²) in [6.07, 6.45) is 4.84. The maximum atomic E-state index is 5.17. The molecule has 0 aliphatic heterocycles. The molecule has 2 nitrogen and oxygen atoms in total. The fourth-order valence-electron chi connectivity index (χ4n) is 3.01. The Morgan fingerprint density at radius 1 is 1.33 bits per heavy atom. The van der Waals surface area contributed by atoms with Crippen LogP contribution in [0.25, 0.3) is 0 Å². The van der Waals surface area contributed by atoms with Crippen LogP contribution in [0, 0.1) is 5.92 Å². The maximum Gasteiger partial charge on any atom is 0.0462 e. The maximum absolute atomic E-state index is 5.17. The highest BCUT2D eigenvalue weighted by molar-refractivity contribution is 5.35. The number of fused-ring (bicyclic) bond motifs is 1. The number of benzene rings is 1. The van der Waals surface area contributed by atoms with E-state index in [0.717, 1.165) is 19.1 Å². The van der Waals surface area contributed by atoms with Crippen molar-refractivity contribution in [3.63, 3.8) is 0 Å². The molecule has 0 heterocycles. The number of ether oxygens (including phenoxy) is 1. The summed E-state index contributed by atoms with van der Waals surface area (Å²) in [7, 11) is 1.79. The first kappa shape index (κ1) is 13.6. The van der Waals surface area contributed by atoms with Crippen LogP contribution in [0.2, 0.25) is 0 Å². The highest BCUT2D eigenvalue weighted by Crippen LogP contribution is 2.38. The minimum atomic E-state index is 0.554. The monoisotopic (exact) mass is 247 g/mol. The summed E-state index contributed by atoms with van der Waals surface area (Å²) in [6.45, 7) is 4.22. The molecule has 0 bridgehead atoms. The summed E-state index contributed by atoms with van der Waals surface area (Å²) in [5.74, 6) is 0.740. The topological polar surface area (TPSA) is 21.3 Å². The third-order valence-electron chi connectivity index (χ3n) is 3.88. The Morgan fingerprint density at radius 3 is 2.94 bits per heavy atom. The molecule has 2 rings (SSSR count). The highest BCUT2D eigenvalue weighted by atomic mass is 16.5. The lowest BCUT2D eigenvalue weighted by atomic mass is 9.95. The number of nitrogens with one attached hydrogen (secondary N) is 1. The molecule has 0 amide bonds. The van der Waals surface area contributed by atoms with Gasteiger partial charge >= 0.3 is 0 Å². The van der Waals surface area contributed by atoms with Gasteiger partial charge in [0.1, 0.15) is 0 Å². The van der Waals surface area contributed by atoms with Crippen LogP contribution in [0.3, 0.4) is 0 Å². The molecule has 0 aromatic heterocycles. The largest absolute Gasteiger partial charge is 0.385 e. The van der Waals surface area contributed by atoms with Gasteiger partial charge in [0.15, 0.2) is 0 Å². The summed E-state index contributed by atoms with van der Waals surface area (Å²) in [6, 6.07) is 9.45. The number of hydrogen-bond acceptors (Lipinski definition) is 2. The lowest BCUT2D eigenvalue weighted by Gasteiger charge is -2.21. The van der Waals surface area contributed by atoms with Crippen LogP contribution in [0.5, 0.6) is 0 Å². The Balaban J connectivity index is 2.02. The molecular weight excluding hydrogens is 222 g/mol. The second kappa shape index (κ2) is 6.91. The van der Waals surface area contributed by atoms with Gasteiger partial charge in [0.25, 0.3) is 0 Å². The van der Waals surface area contributed by atoms with E-state index >= 15 is 0 Å². The zero-order valence-corrected chi connectivity index (χ0v) is 11.6. The molecule has 1 aliphatic rings. The van der Waals surface area contributed by atoms with Crippen molar-refractivity contribution in [2.24, 2.45) is 5.92 Å². The normalized spacial score (nSPS) is 22.1. The van der Waals surface area contributed by atoms with Crippen molar-refractivity contribution < 1.29 is 4.74 Å². The Kier molecular flexibility index (Phi) is 5.21. The standard InChI is InChI=1S/C16H25NO/c1-3-10-17-16-14(8-6-11-18-2)12-13-7-4-5-9-15(13)16/h4-5,7,9,14,16-17H,3,6,8,10-12H2,1-2H3. The van der Waals surface area contributed by atoms with Gasteiger partial charge in [-0.3, -0.25) is 0 Å². The van der Waals surface area contributed by atoms with Crippen LogP contribution in [0.15, 0.2) is 24.3 Å². The van der Waals surface area contributed by atoms with Gasteiger partial charge in [-0.25, -0.2) is 0 Å². The highest BCUT2D eigenvalue weighted by Gasteiger charge is 2.30. The molecule has 2 unspecified atom stereocenters. The van der Waals surface area contributed by atoms with Crippen LogP contribution in [-0.2, 0) is 11.2 Å². The molecule has 0 fully saturated rings. The fourth-order valence-corrected chi connectivity index (χ4v) is 3.01. The van der Waals surface area contributed by atoms with Gasteiger partial charge < -0.3 is 10.1 Å². The van der Waals surface area contributed by atoms with E-state index in [9.17, 15) is 0 Å². The summed E-state index contributed by atoms with van der Waals surface area (Å²) < 4.78 is 5.17. The lowest BCUT2D eigenvalue weighted by molar-refractivity contribution is 0.183. The van der Waals surface area contributed by atoms with Crippen molar-refractivity contribution in [2.45, 2.75) is 38.6 Å². The second-order valence-electron chi connectivity index (χ2n) is 5.23. The van der Waals surface area contributed by atoms with Crippen molar-refractivity contribution in [3.8, 4) is 0 Å². The molecule has 2 atom stereocenters. The summed E-state index contributed by atoms with van der Waals surface area (Å²) in [5, 5.41) is 3.72. The van der Waals surface area contributed by atoms with Crippen LogP contribution in [0.4, 0.5) is 0 Å². The Morgan fingerprint density at radius 2 is 2.17 bits per heavy atom.